The minimum Gasteiger partial charge on any atom is -0.306 e. The van der Waals surface area contributed by atoms with Crippen LogP contribution in [-0.2, 0) is 0 Å². The van der Waals surface area contributed by atoms with Crippen molar-refractivity contribution >= 4 is 0 Å². The van der Waals surface area contributed by atoms with Gasteiger partial charge in [-0.2, -0.15) is 0 Å². The zero-order valence-corrected chi connectivity index (χ0v) is 9.67. The van der Waals surface area contributed by atoms with Gasteiger partial charge in [0.15, 0.2) is 0 Å². The number of nitrogens with zero attached hydrogens (tertiary/aromatic N) is 1. The largest absolute Gasteiger partial charge is 0.306 e. The first kappa shape index (κ1) is 9.51. The standard InChI is InChI=1S/C12H23N/c1-8-10-6-9(12(10,2)3)7-11(8)13(4)5/h8-11H,6-7H2,1-5H3/t8-,9+,10-,11-/m1/s1. The Labute approximate surface area is 82.5 Å². The molecule has 3 saturated carbocycles. The van der Waals surface area contributed by atoms with Gasteiger partial charge in [-0.05, 0) is 50.1 Å². The van der Waals surface area contributed by atoms with E-state index in [1.54, 1.807) is 0 Å². The molecular weight excluding hydrogens is 158 g/mol. The zero-order valence-electron chi connectivity index (χ0n) is 9.67. The van der Waals surface area contributed by atoms with Crippen LogP contribution in [0.25, 0.3) is 0 Å². The summed E-state index contributed by atoms with van der Waals surface area (Å²) in [6.45, 7) is 7.38. The van der Waals surface area contributed by atoms with E-state index in [0.717, 1.165) is 23.8 Å². The van der Waals surface area contributed by atoms with Crippen LogP contribution in [0, 0.1) is 23.2 Å². The molecule has 3 aliphatic rings. The first-order valence-corrected chi connectivity index (χ1v) is 5.61. The third-order valence-electron chi connectivity index (χ3n) is 4.98. The molecule has 0 saturated heterocycles. The summed E-state index contributed by atoms with van der Waals surface area (Å²) < 4.78 is 0. The van der Waals surface area contributed by atoms with Crippen LogP contribution in [-0.4, -0.2) is 25.0 Å². The summed E-state index contributed by atoms with van der Waals surface area (Å²) in [4.78, 5) is 2.43. The van der Waals surface area contributed by atoms with E-state index < -0.39 is 0 Å². The second kappa shape index (κ2) is 2.73. The van der Waals surface area contributed by atoms with Gasteiger partial charge < -0.3 is 4.90 Å². The summed E-state index contributed by atoms with van der Waals surface area (Å²) in [5.41, 5.74) is 0.645. The predicted molar refractivity (Wildman–Crippen MR) is 56.6 cm³/mol. The summed E-state index contributed by atoms with van der Waals surface area (Å²) in [5, 5.41) is 0. The van der Waals surface area contributed by atoms with Crippen molar-refractivity contribution in [1.82, 2.24) is 4.90 Å². The lowest BCUT2D eigenvalue weighted by Gasteiger charge is -2.63. The van der Waals surface area contributed by atoms with E-state index in [-0.39, 0.29) is 0 Å². The summed E-state index contributed by atoms with van der Waals surface area (Å²) in [7, 11) is 4.47. The number of hydrogen-bond donors (Lipinski definition) is 0. The van der Waals surface area contributed by atoms with Gasteiger partial charge in [-0.1, -0.05) is 20.8 Å². The number of fused-ring (bicyclic) bond motifs is 2. The van der Waals surface area contributed by atoms with Gasteiger partial charge >= 0.3 is 0 Å². The molecule has 0 aromatic rings. The molecule has 0 unspecified atom stereocenters. The molecule has 3 aliphatic carbocycles. The number of rotatable bonds is 1. The molecule has 13 heavy (non-hydrogen) atoms. The minimum atomic E-state index is 0.645. The fourth-order valence-electron chi connectivity index (χ4n) is 3.80. The Balaban J connectivity index is 2.12. The monoisotopic (exact) mass is 181 g/mol. The van der Waals surface area contributed by atoms with Crippen LogP contribution >= 0.6 is 0 Å². The molecule has 0 radical (unpaired) electrons. The summed E-state index contributed by atoms with van der Waals surface area (Å²) in [6.07, 6.45) is 2.93. The molecule has 0 spiro atoms. The van der Waals surface area contributed by atoms with Gasteiger partial charge in [0.2, 0.25) is 0 Å². The van der Waals surface area contributed by atoms with E-state index in [0.29, 0.717) is 5.41 Å². The second-order valence-electron chi connectivity index (χ2n) is 5.99. The van der Waals surface area contributed by atoms with Gasteiger partial charge in [-0.15, -0.1) is 0 Å². The van der Waals surface area contributed by atoms with E-state index in [1.165, 1.54) is 12.8 Å². The Kier molecular flexibility index (Phi) is 1.99. The molecule has 0 N–H and O–H groups in total. The highest BCUT2D eigenvalue weighted by Crippen LogP contribution is 2.61. The second-order valence-corrected chi connectivity index (χ2v) is 5.99. The van der Waals surface area contributed by atoms with Crippen LogP contribution in [0.2, 0.25) is 0 Å². The normalized spacial score (nSPS) is 47.5. The molecule has 76 valence electrons. The van der Waals surface area contributed by atoms with E-state index in [1.807, 2.05) is 0 Å². The Morgan fingerprint density at radius 1 is 1.15 bits per heavy atom. The number of hydrogen-bond acceptors (Lipinski definition) is 1. The van der Waals surface area contributed by atoms with Crippen molar-refractivity contribution in [1.29, 1.82) is 0 Å². The fourth-order valence-corrected chi connectivity index (χ4v) is 3.80. The molecule has 3 rings (SSSR count). The van der Waals surface area contributed by atoms with Crippen LogP contribution < -0.4 is 0 Å². The first-order chi connectivity index (χ1) is 5.94. The van der Waals surface area contributed by atoms with E-state index in [4.69, 9.17) is 0 Å². The highest BCUT2D eigenvalue weighted by molar-refractivity contribution is 5.06. The molecule has 0 aliphatic heterocycles. The highest BCUT2D eigenvalue weighted by atomic mass is 15.1. The maximum Gasteiger partial charge on any atom is 0.0120 e. The van der Waals surface area contributed by atoms with Crippen molar-refractivity contribution in [2.75, 3.05) is 14.1 Å². The third kappa shape index (κ3) is 1.16. The zero-order chi connectivity index (χ0) is 9.80. The van der Waals surface area contributed by atoms with Crippen LogP contribution in [0.5, 0.6) is 0 Å². The van der Waals surface area contributed by atoms with Gasteiger partial charge in [0.05, 0.1) is 0 Å². The lowest BCUT2D eigenvalue weighted by atomic mass is 9.44. The lowest BCUT2D eigenvalue weighted by Crippen LogP contribution is -2.59. The van der Waals surface area contributed by atoms with Crippen molar-refractivity contribution < 1.29 is 0 Å². The van der Waals surface area contributed by atoms with Crippen LogP contribution in [0.4, 0.5) is 0 Å². The highest BCUT2D eigenvalue weighted by Gasteiger charge is 2.56. The van der Waals surface area contributed by atoms with Crippen LogP contribution in [0.15, 0.2) is 0 Å². The molecule has 1 heteroatoms. The SMILES string of the molecule is C[C@H]1[C@H](N(C)C)C[C@@H]2C[C@H]1C2(C)C. The van der Waals surface area contributed by atoms with Crippen molar-refractivity contribution in [3.05, 3.63) is 0 Å². The maximum atomic E-state index is 2.47. The molecule has 3 fully saturated rings. The minimum absolute atomic E-state index is 0.645. The van der Waals surface area contributed by atoms with Crippen molar-refractivity contribution in [2.45, 2.75) is 39.7 Å². The third-order valence-corrected chi connectivity index (χ3v) is 4.98. The van der Waals surface area contributed by atoms with Crippen LogP contribution in [0.1, 0.15) is 33.6 Å². The molecule has 4 atom stereocenters. The predicted octanol–water partition coefficient (Wildman–Crippen LogP) is 2.62. The van der Waals surface area contributed by atoms with Crippen molar-refractivity contribution in [3.63, 3.8) is 0 Å². The van der Waals surface area contributed by atoms with E-state index in [2.05, 4.69) is 39.8 Å². The molecule has 0 amide bonds. The van der Waals surface area contributed by atoms with Crippen molar-refractivity contribution in [2.24, 2.45) is 23.2 Å². The maximum absolute atomic E-state index is 2.47. The molecule has 2 bridgehead atoms. The Hall–Kier alpha value is -0.0400. The molecule has 0 aromatic heterocycles. The smallest absolute Gasteiger partial charge is 0.0120 e. The fraction of sp³-hybridized carbons (Fsp3) is 1.00. The van der Waals surface area contributed by atoms with Gasteiger partial charge in [0.1, 0.15) is 0 Å². The van der Waals surface area contributed by atoms with E-state index in [9.17, 15) is 0 Å². The average molecular weight is 181 g/mol. The molecule has 1 nitrogen and oxygen atoms in total. The summed E-state index contributed by atoms with van der Waals surface area (Å²) >= 11 is 0. The average Bonchev–Trinajstić information content (AvgIpc) is 2.02. The van der Waals surface area contributed by atoms with Gasteiger partial charge in [0, 0.05) is 6.04 Å². The summed E-state index contributed by atoms with van der Waals surface area (Å²) in [5.74, 6) is 2.88. The Bertz CT molecular complexity index is 205. The quantitative estimate of drug-likeness (QED) is 0.601. The van der Waals surface area contributed by atoms with Crippen molar-refractivity contribution in [3.8, 4) is 0 Å². The molecule has 0 aromatic carbocycles. The Morgan fingerprint density at radius 3 is 2.15 bits per heavy atom. The Morgan fingerprint density at radius 2 is 1.77 bits per heavy atom. The molecule has 0 heterocycles. The van der Waals surface area contributed by atoms with Crippen LogP contribution in [0.3, 0.4) is 0 Å². The van der Waals surface area contributed by atoms with Gasteiger partial charge in [0.25, 0.3) is 0 Å². The molecular formula is C12H23N. The van der Waals surface area contributed by atoms with Gasteiger partial charge in [-0.25, -0.2) is 0 Å². The lowest BCUT2D eigenvalue weighted by molar-refractivity contribution is -0.132. The van der Waals surface area contributed by atoms with Gasteiger partial charge in [-0.3, -0.25) is 0 Å². The summed E-state index contributed by atoms with van der Waals surface area (Å²) in [6, 6.07) is 0.844. The first-order valence-electron chi connectivity index (χ1n) is 5.61. The van der Waals surface area contributed by atoms with E-state index >= 15 is 0 Å². The topological polar surface area (TPSA) is 3.24 Å².